The van der Waals surface area contributed by atoms with E-state index in [2.05, 4.69) is 54.3 Å². The summed E-state index contributed by atoms with van der Waals surface area (Å²) in [5, 5.41) is 6.75. The molecule has 2 rings (SSSR count). The number of benzene rings is 1. The van der Waals surface area contributed by atoms with Gasteiger partial charge in [0.25, 0.3) is 0 Å². The molecule has 0 radical (unpaired) electrons. The first-order chi connectivity index (χ1) is 8.22. The second kappa shape index (κ2) is 5.04. The average molecular weight is 229 g/mol. The van der Waals surface area contributed by atoms with Crippen molar-refractivity contribution >= 4 is 11.5 Å². The van der Waals surface area contributed by atoms with Crippen LogP contribution in [-0.4, -0.2) is 25.0 Å². The van der Waals surface area contributed by atoms with Crippen LogP contribution in [0.5, 0.6) is 0 Å². The van der Waals surface area contributed by atoms with Crippen LogP contribution in [0, 0.1) is 13.8 Å². The minimum Gasteiger partial charge on any atom is -0.372 e. The lowest BCUT2D eigenvalue weighted by atomic mass is 10.1. The summed E-state index contributed by atoms with van der Waals surface area (Å²) >= 11 is 0. The van der Waals surface area contributed by atoms with Gasteiger partial charge in [0.2, 0.25) is 0 Å². The van der Waals surface area contributed by atoms with Crippen molar-refractivity contribution in [2.24, 2.45) is 4.99 Å². The van der Waals surface area contributed by atoms with Gasteiger partial charge in [0.1, 0.15) is 11.9 Å². The number of rotatable bonds is 4. The van der Waals surface area contributed by atoms with Gasteiger partial charge in [-0.25, -0.2) is 0 Å². The molecule has 1 unspecified atom stereocenters. The quantitative estimate of drug-likeness (QED) is 0.777. The van der Waals surface area contributed by atoms with Crippen LogP contribution in [0.2, 0.25) is 0 Å². The molecule has 0 aliphatic carbocycles. The summed E-state index contributed by atoms with van der Waals surface area (Å²) in [7, 11) is 0. The highest BCUT2D eigenvalue weighted by Gasteiger charge is 2.15. The Balaban J connectivity index is 2.18. The number of amidine groups is 1. The van der Waals surface area contributed by atoms with Crippen molar-refractivity contribution in [2.75, 3.05) is 18.4 Å². The molecule has 90 valence electrons. The van der Waals surface area contributed by atoms with Crippen LogP contribution in [0.15, 0.2) is 35.8 Å². The molecule has 1 aromatic rings. The Morgan fingerprint density at radius 3 is 2.94 bits per heavy atom. The Hall–Kier alpha value is -1.77. The monoisotopic (exact) mass is 229 g/mol. The third-order valence-electron chi connectivity index (χ3n) is 3.15. The summed E-state index contributed by atoms with van der Waals surface area (Å²) in [6.45, 7) is 9.90. The first-order valence-electron chi connectivity index (χ1n) is 5.96. The molecule has 3 nitrogen and oxygen atoms in total. The molecule has 0 bridgehead atoms. The minimum absolute atomic E-state index is 0.0676. The van der Waals surface area contributed by atoms with Crippen molar-refractivity contribution in [1.29, 1.82) is 0 Å². The Kier molecular flexibility index (Phi) is 3.47. The summed E-state index contributed by atoms with van der Waals surface area (Å²) in [6, 6.07) is 6.34. The van der Waals surface area contributed by atoms with E-state index in [1.807, 2.05) is 6.08 Å². The van der Waals surface area contributed by atoms with E-state index in [1.54, 1.807) is 0 Å². The number of nitrogens with zero attached hydrogens (tertiary/aromatic N) is 1. The van der Waals surface area contributed by atoms with Crippen molar-refractivity contribution in [3.63, 3.8) is 0 Å². The van der Waals surface area contributed by atoms with Gasteiger partial charge in [-0.1, -0.05) is 18.2 Å². The highest BCUT2D eigenvalue weighted by molar-refractivity contribution is 5.92. The number of hydrogen-bond acceptors (Lipinski definition) is 3. The SMILES string of the molecule is C=CC(Nc1cccc(C)c1C)C1=NCCN1. The summed E-state index contributed by atoms with van der Waals surface area (Å²) in [4.78, 5) is 4.43. The third-order valence-corrected chi connectivity index (χ3v) is 3.15. The zero-order chi connectivity index (χ0) is 12.3. The molecule has 1 aromatic carbocycles. The lowest BCUT2D eigenvalue weighted by molar-refractivity contribution is 0.945. The van der Waals surface area contributed by atoms with E-state index >= 15 is 0 Å². The van der Waals surface area contributed by atoms with Crippen molar-refractivity contribution in [3.8, 4) is 0 Å². The van der Waals surface area contributed by atoms with Crippen molar-refractivity contribution in [2.45, 2.75) is 19.9 Å². The molecule has 3 heteroatoms. The van der Waals surface area contributed by atoms with Crippen LogP contribution in [0.25, 0.3) is 0 Å². The van der Waals surface area contributed by atoms with E-state index in [-0.39, 0.29) is 6.04 Å². The maximum absolute atomic E-state index is 4.43. The molecular weight excluding hydrogens is 210 g/mol. The highest BCUT2D eigenvalue weighted by atomic mass is 15.1. The Morgan fingerprint density at radius 2 is 2.29 bits per heavy atom. The maximum atomic E-state index is 4.43. The highest BCUT2D eigenvalue weighted by Crippen LogP contribution is 2.19. The van der Waals surface area contributed by atoms with Crippen LogP contribution >= 0.6 is 0 Å². The van der Waals surface area contributed by atoms with Gasteiger partial charge in [0.15, 0.2) is 0 Å². The molecule has 0 saturated carbocycles. The van der Waals surface area contributed by atoms with E-state index in [4.69, 9.17) is 0 Å². The standard InChI is InChI=1S/C14H19N3/c1-4-12(14-15-8-9-16-14)17-13-7-5-6-10(2)11(13)3/h4-7,12,17H,1,8-9H2,2-3H3,(H,15,16). The number of anilines is 1. The van der Waals surface area contributed by atoms with Crippen LogP contribution in [0.4, 0.5) is 5.69 Å². The van der Waals surface area contributed by atoms with Gasteiger partial charge in [0.05, 0.1) is 6.54 Å². The molecule has 0 spiro atoms. The zero-order valence-corrected chi connectivity index (χ0v) is 10.5. The predicted octanol–water partition coefficient (Wildman–Crippen LogP) is 2.27. The number of hydrogen-bond donors (Lipinski definition) is 2. The molecule has 0 aromatic heterocycles. The first kappa shape index (κ1) is 11.7. The van der Waals surface area contributed by atoms with Gasteiger partial charge >= 0.3 is 0 Å². The lowest BCUT2D eigenvalue weighted by Gasteiger charge is -2.19. The molecular formula is C14H19N3. The van der Waals surface area contributed by atoms with Gasteiger partial charge in [-0.05, 0) is 31.0 Å². The van der Waals surface area contributed by atoms with Crippen LogP contribution in [0.3, 0.4) is 0 Å². The van der Waals surface area contributed by atoms with Crippen molar-refractivity contribution in [1.82, 2.24) is 5.32 Å². The Morgan fingerprint density at radius 1 is 1.47 bits per heavy atom. The molecule has 1 atom stereocenters. The number of aryl methyl sites for hydroxylation is 1. The minimum atomic E-state index is 0.0676. The van der Waals surface area contributed by atoms with Gasteiger partial charge < -0.3 is 10.6 Å². The molecule has 0 amide bonds. The van der Waals surface area contributed by atoms with E-state index in [9.17, 15) is 0 Å². The fourth-order valence-electron chi connectivity index (χ4n) is 1.94. The average Bonchev–Trinajstić information content (AvgIpc) is 2.85. The van der Waals surface area contributed by atoms with Crippen LogP contribution < -0.4 is 10.6 Å². The van der Waals surface area contributed by atoms with Crippen molar-refractivity contribution < 1.29 is 0 Å². The van der Waals surface area contributed by atoms with E-state index in [0.717, 1.165) is 24.6 Å². The molecule has 0 saturated heterocycles. The van der Waals surface area contributed by atoms with Gasteiger partial charge in [0, 0.05) is 12.2 Å². The second-order valence-electron chi connectivity index (χ2n) is 4.30. The second-order valence-corrected chi connectivity index (χ2v) is 4.30. The van der Waals surface area contributed by atoms with Gasteiger partial charge in [-0.15, -0.1) is 6.58 Å². The Labute approximate surface area is 103 Å². The molecule has 0 fully saturated rings. The van der Waals surface area contributed by atoms with E-state index in [1.165, 1.54) is 11.1 Å². The van der Waals surface area contributed by atoms with Crippen molar-refractivity contribution in [3.05, 3.63) is 42.0 Å². The topological polar surface area (TPSA) is 36.4 Å². The summed E-state index contributed by atoms with van der Waals surface area (Å²) in [5.41, 5.74) is 3.71. The molecule has 1 heterocycles. The predicted molar refractivity (Wildman–Crippen MR) is 73.8 cm³/mol. The molecule has 1 aliphatic heterocycles. The Bertz CT molecular complexity index is 449. The van der Waals surface area contributed by atoms with Crippen LogP contribution in [0.1, 0.15) is 11.1 Å². The van der Waals surface area contributed by atoms with Crippen LogP contribution in [-0.2, 0) is 0 Å². The fourth-order valence-corrected chi connectivity index (χ4v) is 1.94. The summed E-state index contributed by atoms with van der Waals surface area (Å²) in [6.07, 6.45) is 1.89. The third kappa shape index (κ3) is 2.49. The van der Waals surface area contributed by atoms with E-state index < -0.39 is 0 Å². The van der Waals surface area contributed by atoms with Gasteiger partial charge in [-0.3, -0.25) is 4.99 Å². The van der Waals surface area contributed by atoms with E-state index in [0.29, 0.717) is 0 Å². The van der Waals surface area contributed by atoms with Gasteiger partial charge in [-0.2, -0.15) is 0 Å². The first-order valence-corrected chi connectivity index (χ1v) is 5.96. The largest absolute Gasteiger partial charge is 0.372 e. The molecule has 2 N–H and O–H groups in total. The smallest absolute Gasteiger partial charge is 0.123 e. The normalized spacial score (nSPS) is 16.0. The summed E-state index contributed by atoms with van der Waals surface area (Å²) < 4.78 is 0. The molecule has 1 aliphatic rings. The lowest BCUT2D eigenvalue weighted by Crippen LogP contribution is -2.35. The molecule has 17 heavy (non-hydrogen) atoms. The number of aliphatic imine (C=N–C) groups is 1. The number of nitrogens with one attached hydrogen (secondary N) is 2. The zero-order valence-electron chi connectivity index (χ0n) is 10.5. The summed E-state index contributed by atoms with van der Waals surface area (Å²) in [5.74, 6) is 0.987. The fraction of sp³-hybridized carbons (Fsp3) is 0.357. The maximum Gasteiger partial charge on any atom is 0.123 e.